The zero-order valence-corrected chi connectivity index (χ0v) is 10.2. The summed E-state index contributed by atoms with van der Waals surface area (Å²) in [5, 5.41) is 0.590. The van der Waals surface area contributed by atoms with Crippen molar-refractivity contribution in [3.8, 4) is 0 Å². The van der Waals surface area contributed by atoms with Gasteiger partial charge in [0, 0.05) is 6.54 Å². The summed E-state index contributed by atoms with van der Waals surface area (Å²) >= 11 is 6.04. The van der Waals surface area contributed by atoms with Gasteiger partial charge in [-0.1, -0.05) is 24.6 Å². The molecular formula is C12H15ClN2O. The predicted molar refractivity (Wildman–Crippen MR) is 65.7 cm³/mol. The molecule has 1 unspecified atom stereocenters. The molecule has 1 aromatic carbocycles. The van der Waals surface area contributed by atoms with Crippen molar-refractivity contribution >= 4 is 22.7 Å². The highest BCUT2D eigenvalue weighted by atomic mass is 35.5. The second kappa shape index (κ2) is 4.07. The van der Waals surface area contributed by atoms with Gasteiger partial charge >= 0.3 is 0 Å². The molecule has 4 heteroatoms. The number of oxazole rings is 1. The molecule has 0 bridgehead atoms. The van der Waals surface area contributed by atoms with Crippen molar-refractivity contribution in [2.75, 3.05) is 6.54 Å². The van der Waals surface area contributed by atoms with Crippen LogP contribution in [0.15, 0.2) is 22.6 Å². The third-order valence-electron chi connectivity index (χ3n) is 3.11. The molecule has 3 nitrogen and oxygen atoms in total. The second-order valence-electron chi connectivity index (χ2n) is 4.23. The molecule has 2 N–H and O–H groups in total. The van der Waals surface area contributed by atoms with Gasteiger partial charge in [-0.05, 0) is 25.5 Å². The first-order valence-corrected chi connectivity index (χ1v) is 5.74. The Hall–Kier alpha value is -1.06. The molecule has 0 amide bonds. The molecule has 0 aliphatic rings. The van der Waals surface area contributed by atoms with Gasteiger partial charge in [-0.3, -0.25) is 0 Å². The summed E-state index contributed by atoms with van der Waals surface area (Å²) in [6, 6.07) is 5.55. The number of para-hydroxylation sites is 1. The average Bonchev–Trinajstić information content (AvgIpc) is 2.74. The Labute approximate surface area is 99.6 Å². The predicted octanol–water partition coefficient (Wildman–Crippen LogP) is 3.11. The van der Waals surface area contributed by atoms with E-state index >= 15 is 0 Å². The van der Waals surface area contributed by atoms with Gasteiger partial charge in [0.15, 0.2) is 5.58 Å². The Morgan fingerprint density at radius 2 is 2.25 bits per heavy atom. The summed E-state index contributed by atoms with van der Waals surface area (Å²) in [5.41, 5.74) is 6.99. The lowest BCUT2D eigenvalue weighted by Crippen LogP contribution is -2.31. The van der Waals surface area contributed by atoms with E-state index in [9.17, 15) is 0 Å². The molecule has 0 aliphatic carbocycles. The van der Waals surface area contributed by atoms with E-state index in [0.29, 0.717) is 23.0 Å². The van der Waals surface area contributed by atoms with E-state index in [2.05, 4.69) is 11.9 Å². The molecule has 0 spiro atoms. The number of benzene rings is 1. The zero-order valence-electron chi connectivity index (χ0n) is 9.46. The van der Waals surface area contributed by atoms with E-state index in [4.69, 9.17) is 21.8 Å². The zero-order chi connectivity index (χ0) is 11.8. The summed E-state index contributed by atoms with van der Waals surface area (Å²) in [6.07, 6.45) is 0.883. The monoisotopic (exact) mass is 238 g/mol. The van der Waals surface area contributed by atoms with Crippen LogP contribution in [0.4, 0.5) is 0 Å². The third kappa shape index (κ3) is 1.70. The Morgan fingerprint density at radius 3 is 2.81 bits per heavy atom. The SMILES string of the molecule is CCC(C)(CN)c1nc2cccc(Cl)c2o1. The van der Waals surface area contributed by atoms with Gasteiger partial charge in [0.2, 0.25) is 5.89 Å². The average molecular weight is 239 g/mol. The second-order valence-corrected chi connectivity index (χ2v) is 4.63. The fourth-order valence-electron chi connectivity index (χ4n) is 1.56. The molecule has 0 aliphatic heterocycles. The van der Waals surface area contributed by atoms with Gasteiger partial charge in [-0.15, -0.1) is 0 Å². The highest BCUT2D eigenvalue weighted by Crippen LogP contribution is 2.31. The molecule has 1 heterocycles. The van der Waals surface area contributed by atoms with E-state index in [-0.39, 0.29) is 5.41 Å². The maximum absolute atomic E-state index is 6.04. The van der Waals surface area contributed by atoms with Gasteiger partial charge in [-0.2, -0.15) is 0 Å². The summed E-state index contributed by atoms with van der Waals surface area (Å²) in [4.78, 5) is 4.46. The van der Waals surface area contributed by atoms with Crippen LogP contribution in [0.1, 0.15) is 26.2 Å². The van der Waals surface area contributed by atoms with Crippen LogP contribution in [0.2, 0.25) is 5.02 Å². The van der Waals surface area contributed by atoms with E-state index in [1.54, 1.807) is 6.07 Å². The molecular weight excluding hydrogens is 224 g/mol. The van der Waals surface area contributed by atoms with Gasteiger partial charge in [-0.25, -0.2) is 4.98 Å². The Balaban J connectivity index is 2.59. The van der Waals surface area contributed by atoms with Gasteiger partial charge < -0.3 is 10.2 Å². The molecule has 86 valence electrons. The number of hydrogen-bond donors (Lipinski definition) is 1. The van der Waals surface area contributed by atoms with Crippen molar-refractivity contribution in [2.24, 2.45) is 5.73 Å². The fraction of sp³-hybridized carbons (Fsp3) is 0.417. The Bertz CT molecular complexity index is 503. The first-order valence-electron chi connectivity index (χ1n) is 5.36. The molecule has 1 aromatic heterocycles. The van der Waals surface area contributed by atoms with E-state index in [1.807, 2.05) is 19.1 Å². The highest BCUT2D eigenvalue weighted by Gasteiger charge is 2.29. The largest absolute Gasteiger partial charge is 0.438 e. The maximum Gasteiger partial charge on any atom is 0.202 e. The minimum Gasteiger partial charge on any atom is -0.438 e. The topological polar surface area (TPSA) is 52.0 Å². The molecule has 0 radical (unpaired) electrons. The van der Waals surface area contributed by atoms with Crippen LogP contribution < -0.4 is 5.73 Å². The Morgan fingerprint density at radius 1 is 1.50 bits per heavy atom. The first kappa shape index (κ1) is 11.4. The minimum absolute atomic E-state index is 0.220. The van der Waals surface area contributed by atoms with E-state index in [0.717, 1.165) is 11.9 Å². The number of halogens is 1. The van der Waals surface area contributed by atoms with Gasteiger partial charge in [0.25, 0.3) is 0 Å². The molecule has 0 fully saturated rings. The van der Waals surface area contributed by atoms with Crippen molar-refractivity contribution in [1.82, 2.24) is 4.98 Å². The fourth-order valence-corrected chi connectivity index (χ4v) is 1.76. The molecule has 1 atom stereocenters. The molecule has 0 saturated heterocycles. The number of rotatable bonds is 3. The minimum atomic E-state index is -0.220. The third-order valence-corrected chi connectivity index (χ3v) is 3.41. The molecule has 0 saturated carbocycles. The first-order chi connectivity index (χ1) is 7.60. The van der Waals surface area contributed by atoms with Crippen LogP contribution in [0.25, 0.3) is 11.1 Å². The van der Waals surface area contributed by atoms with Crippen molar-refractivity contribution in [1.29, 1.82) is 0 Å². The highest BCUT2D eigenvalue weighted by molar-refractivity contribution is 6.34. The lowest BCUT2D eigenvalue weighted by atomic mass is 9.88. The molecule has 2 aromatic rings. The maximum atomic E-state index is 6.04. The smallest absolute Gasteiger partial charge is 0.202 e. The van der Waals surface area contributed by atoms with Crippen LogP contribution >= 0.6 is 11.6 Å². The van der Waals surface area contributed by atoms with Crippen LogP contribution in [-0.4, -0.2) is 11.5 Å². The van der Waals surface area contributed by atoms with Gasteiger partial charge in [0.1, 0.15) is 5.52 Å². The number of hydrogen-bond acceptors (Lipinski definition) is 3. The summed E-state index contributed by atoms with van der Waals surface area (Å²) in [5.74, 6) is 0.667. The van der Waals surface area contributed by atoms with Crippen LogP contribution in [0, 0.1) is 0 Å². The molecule has 2 rings (SSSR count). The summed E-state index contributed by atoms with van der Waals surface area (Å²) < 4.78 is 5.72. The van der Waals surface area contributed by atoms with Crippen molar-refractivity contribution in [3.63, 3.8) is 0 Å². The lowest BCUT2D eigenvalue weighted by Gasteiger charge is -2.21. The number of aromatic nitrogens is 1. The molecule has 16 heavy (non-hydrogen) atoms. The van der Waals surface area contributed by atoms with Crippen LogP contribution in [0.5, 0.6) is 0 Å². The van der Waals surface area contributed by atoms with Crippen molar-refractivity contribution in [3.05, 3.63) is 29.1 Å². The van der Waals surface area contributed by atoms with E-state index in [1.165, 1.54) is 0 Å². The van der Waals surface area contributed by atoms with Crippen LogP contribution in [0.3, 0.4) is 0 Å². The van der Waals surface area contributed by atoms with Gasteiger partial charge in [0.05, 0.1) is 10.4 Å². The number of nitrogens with two attached hydrogens (primary N) is 1. The Kier molecular flexibility index (Phi) is 2.91. The standard InChI is InChI=1S/C12H15ClN2O/c1-3-12(2,7-14)11-15-9-6-4-5-8(13)10(9)16-11/h4-6H,3,7,14H2,1-2H3. The quantitative estimate of drug-likeness (QED) is 0.894. The number of nitrogens with zero attached hydrogens (tertiary/aromatic N) is 1. The number of fused-ring (bicyclic) bond motifs is 1. The lowest BCUT2D eigenvalue weighted by molar-refractivity contribution is 0.354. The van der Waals surface area contributed by atoms with Crippen molar-refractivity contribution < 1.29 is 4.42 Å². The summed E-state index contributed by atoms with van der Waals surface area (Å²) in [7, 11) is 0. The van der Waals surface area contributed by atoms with Crippen molar-refractivity contribution in [2.45, 2.75) is 25.7 Å². The normalized spacial score (nSPS) is 15.2. The van der Waals surface area contributed by atoms with Crippen LogP contribution in [-0.2, 0) is 5.41 Å². The van der Waals surface area contributed by atoms with E-state index < -0.39 is 0 Å². The summed E-state index contributed by atoms with van der Waals surface area (Å²) in [6.45, 7) is 4.63.